The van der Waals surface area contributed by atoms with Crippen LogP contribution in [-0.2, 0) is 4.79 Å². The number of fused-ring (bicyclic) bond motifs is 1. The number of nitrogens with one attached hydrogen (secondary N) is 2. The first kappa shape index (κ1) is 19.4. The monoisotopic (exact) mass is 445 g/mol. The number of hydrogen-bond donors (Lipinski definition) is 2. The second-order valence-corrected chi connectivity index (χ2v) is 7.75. The number of nitrogens with zero attached hydrogens (tertiary/aromatic N) is 1. The highest BCUT2D eigenvalue weighted by molar-refractivity contribution is 7.14. The maximum Gasteiger partial charge on any atom is 0.345 e. The molecule has 0 radical (unpaired) electrons. The average Bonchev–Trinajstić information content (AvgIpc) is 3.15. The zero-order valence-electron chi connectivity index (χ0n) is 14.7. The quantitative estimate of drug-likeness (QED) is 0.408. The number of halogens is 2. The van der Waals surface area contributed by atoms with E-state index in [2.05, 4.69) is 15.6 Å². The molecule has 4 rings (SSSR count). The summed E-state index contributed by atoms with van der Waals surface area (Å²) in [6.45, 7) is -0.00558. The van der Waals surface area contributed by atoms with Gasteiger partial charge in [0.1, 0.15) is 5.58 Å². The summed E-state index contributed by atoms with van der Waals surface area (Å²) in [6, 6.07) is 13.9. The Labute approximate surface area is 179 Å². The molecule has 1 amide bonds. The molecule has 0 spiro atoms. The number of anilines is 2. The number of carbonyl (C=O) groups is 1. The number of aromatic nitrogens is 1. The third kappa shape index (κ3) is 4.42. The van der Waals surface area contributed by atoms with E-state index in [1.807, 2.05) is 12.1 Å². The third-order valence-corrected chi connectivity index (χ3v) is 5.34. The highest BCUT2D eigenvalue weighted by atomic mass is 35.5. The lowest BCUT2D eigenvalue weighted by molar-refractivity contribution is -0.114. The fourth-order valence-corrected chi connectivity index (χ4v) is 3.87. The second kappa shape index (κ2) is 8.24. The summed E-state index contributed by atoms with van der Waals surface area (Å²) in [7, 11) is 0. The van der Waals surface area contributed by atoms with Gasteiger partial charge in [0.2, 0.25) is 5.91 Å². The summed E-state index contributed by atoms with van der Waals surface area (Å²) in [4.78, 5) is 28.8. The molecule has 0 aliphatic heterocycles. The van der Waals surface area contributed by atoms with Crippen LogP contribution in [0.2, 0.25) is 10.0 Å². The normalized spacial score (nSPS) is 10.8. The van der Waals surface area contributed by atoms with Crippen molar-refractivity contribution in [2.45, 2.75) is 0 Å². The fourth-order valence-electron chi connectivity index (χ4n) is 2.67. The van der Waals surface area contributed by atoms with Crippen molar-refractivity contribution in [2.75, 3.05) is 17.2 Å². The van der Waals surface area contributed by atoms with Gasteiger partial charge in [-0.25, -0.2) is 9.78 Å². The molecule has 6 nitrogen and oxygen atoms in total. The third-order valence-electron chi connectivity index (χ3n) is 4.04. The van der Waals surface area contributed by atoms with E-state index >= 15 is 0 Å². The Morgan fingerprint density at radius 3 is 2.79 bits per heavy atom. The Morgan fingerprint density at radius 1 is 1.14 bits per heavy atom. The fraction of sp³-hybridized carbons (Fsp3) is 0.0500. The topological polar surface area (TPSA) is 84.2 Å². The summed E-state index contributed by atoms with van der Waals surface area (Å²) < 4.78 is 5.33. The van der Waals surface area contributed by atoms with Crippen LogP contribution in [0.4, 0.5) is 10.8 Å². The van der Waals surface area contributed by atoms with Gasteiger partial charge in [0, 0.05) is 15.8 Å². The van der Waals surface area contributed by atoms with Crippen molar-refractivity contribution < 1.29 is 9.21 Å². The maximum atomic E-state index is 12.3. The first-order chi connectivity index (χ1) is 14.0. The summed E-state index contributed by atoms with van der Waals surface area (Å²) >= 11 is 13.1. The lowest BCUT2D eigenvalue weighted by atomic mass is 10.1. The van der Waals surface area contributed by atoms with Crippen LogP contribution in [0.25, 0.3) is 22.2 Å². The Balaban J connectivity index is 1.46. The van der Waals surface area contributed by atoms with Crippen LogP contribution < -0.4 is 16.3 Å². The van der Waals surface area contributed by atoms with E-state index in [0.717, 1.165) is 5.39 Å². The van der Waals surface area contributed by atoms with Crippen LogP contribution in [-0.4, -0.2) is 17.4 Å². The van der Waals surface area contributed by atoms with E-state index in [9.17, 15) is 9.59 Å². The molecule has 0 bridgehead atoms. The molecule has 0 saturated carbocycles. The van der Waals surface area contributed by atoms with Crippen LogP contribution >= 0.6 is 34.5 Å². The number of carbonyl (C=O) groups excluding carboxylic acids is 1. The Kier molecular flexibility index (Phi) is 5.53. The van der Waals surface area contributed by atoms with Gasteiger partial charge < -0.3 is 15.1 Å². The molecule has 29 heavy (non-hydrogen) atoms. The first-order valence-corrected chi connectivity index (χ1v) is 10.1. The number of benzene rings is 2. The first-order valence-electron chi connectivity index (χ1n) is 8.47. The van der Waals surface area contributed by atoms with Crippen molar-refractivity contribution in [3.8, 4) is 11.3 Å². The standard InChI is InChI=1S/C20H13Cl2N3O3S/c21-12-5-6-15(14(22)8-12)23-9-18(26)25-20-24-16(10-29-20)13-7-11-3-1-2-4-17(11)28-19(13)27/h1-8,10,23H,9H2,(H,24,25,26). The van der Waals surface area contributed by atoms with Gasteiger partial charge in [0.15, 0.2) is 5.13 Å². The van der Waals surface area contributed by atoms with E-state index < -0.39 is 5.63 Å². The van der Waals surface area contributed by atoms with Gasteiger partial charge in [0.05, 0.1) is 28.5 Å². The van der Waals surface area contributed by atoms with E-state index in [1.54, 1.807) is 41.8 Å². The maximum absolute atomic E-state index is 12.3. The Hall–Kier alpha value is -2.87. The molecule has 0 atom stereocenters. The molecule has 0 aliphatic carbocycles. The van der Waals surface area contributed by atoms with Crippen molar-refractivity contribution in [3.05, 3.63) is 74.4 Å². The summed E-state index contributed by atoms with van der Waals surface area (Å²) in [5.41, 5.74) is 1.41. The van der Waals surface area contributed by atoms with Crippen LogP contribution in [0.5, 0.6) is 0 Å². The van der Waals surface area contributed by atoms with E-state index in [1.165, 1.54) is 11.3 Å². The van der Waals surface area contributed by atoms with Crippen LogP contribution in [0.15, 0.2) is 63.1 Å². The molecule has 146 valence electrons. The lowest BCUT2D eigenvalue weighted by Gasteiger charge is -2.08. The van der Waals surface area contributed by atoms with Gasteiger partial charge in [-0.05, 0) is 30.3 Å². The smallest absolute Gasteiger partial charge is 0.345 e. The molecule has 2 heterocycles. The Bertz CT molecular complexity index is 1270. The number of thiazole rings is 1. The van der Waals surface area contributed by atoms with Crippen molar-refractivity contribution in [1.82, 2.24) is 4.98 Å². The van der Waals surface area contributed by atoms with Gasteiger partial charge in [-0.3, -0.25) is 4.79 Å². The molecule has 2 N–H and O–H groups in total. The van der Waals surface area contributed by atoms with Crippen LogP contribution in [0.1, 0.15) is 0 Å². The minimum atomic E-state index is -0.481. The number of rotatable bonds is 5. The molecular formula is C20H13Cl2N3O3S. The van der Waals surface area contributed by atoms with Gasteiger partial charge in [-0.15, -0.1) is 11.3 Å². The van der Waals surface area contributed by atoms with Crippen molar-refractivity contribution >= 4 is 62.2 Å². The van der Waals surface area contributed by atoms with Gasteiger partial charge >= 0.3 is 5.63 Å². The molecule has 2 aromatic carbocycles. The van der Waals surface area contributed by atoms with Crippen LogP contribution in [0.3, 0.4) is 0 Å². The zero-order chi connectivity index (χ0) is 20.4. The second-order valence-electron chi connectivity index (χ2n) is 6.05. The molecule has 0 aliphatic rings. The summed E-state index contributed by atoms with van der Waals surface area (Å²) in [5, 5.41) is 9.43. The molecule has 0 unspecified atom stereocenters. The van der Waals surface area contributed by atoms with E-state index in [0.29, 0.717) is 37.7 Å². The number of para-hydroxylation sites is 1. The SMILES string of the molecule is O=C(CNc1ccc(Cl)cc1Cl)Nc1nc(-c2cc3ccccc3oc2=O)cs1. The van der Waals surface area contributed by atoms with E-state index in [4.69, 9.17) is 27.6 Å². The van der Waals surface area contributed by atoms with E-state index in [-0.39, 0.29) is 12.5 Å². The van der Waals surface area contributed by atoms with Gasteiger partial charge in [-0.1, -0.05) is 41.4 Å². The van der Waals surface area contributed by atoms with Crippen molar-refractivity contribution in [3.63, 3.8) is 0 Å². The number of hydrogen-bond acceptors (Lipinski definition) is 6. The largest absolute Gasteiger partial charge is 0.422 e. The van der Waals surface area contributed by atoms with Gasteiger partial charge in [-0.2, -0.15) is 0 Å². The molecular weight excluding hydrogens is 433 g/mol. The molecule has 9 heteroatoms. The predicted molar refractivity (Wildman–Crippen MR) is 117 cm³/mol. The minimum Gasteiger partial charge on any atom is -0.422 e. The van der Waals surface area contributed by atoms with Crippen molar-refractivity contribution in [1.29, 1.82) is 0 Å². The molecule has 0 fully saturated rings. The predicted octanol–water partition coefficient (Wildman–Crippen LogP) is 5.27. The average molecular weight is 446 g/mol. The highest BCUT2D eigenvalue weighted by Gasteiger charge is 2.13. The summed E-state index contributed by atoms with van der Waals surface area (Å²) in [6.07, 6.45) is 0. The molecule has 2 aromatic heterocycles. The number of amides is 1. The lowest BCUT2D eigenvalue weighted by Crippen LogP contribution is -2.21. The van der Waals surface area contributed by atoms with Gasteiger partial charge in [0.25, 0.3) is 0 Å². The highest BCUT2D eigenvalue weighted by Crippen LogP contribution is 2.26. The zero-order valence-corrected chi connectivity index (χ0v) is 17.1. The minimum absolute atomic E-state index is 0.00558. The molecule has 0 saturated heterocycles. The van der Waals surface area contributed by atoms with Crippen LogP contribution in [0, 0.1) is 0 Å². The Morgan fingerprint density at radius 2 is 1.97 bits per heavy atom. The molecule has 4 aromatic rings. The van der Waals surface area contributed by atoms with Crippen molar-refractivity contribution in [2.24, 2.45) is 0 Å². The summed E-state index contributed by atoms with van der Waals surface area (Å²) in [5.74, 6) is -0.303.